The molecule has 30 heavy (non-hydrogen) atoms. The van der Waals surface area contributed by atoms with E-state index >= 15 is 0 Å². The van der Waals surface area contributed by atoms with E-state index in [0.717, 1.165) is 25.6 Å². The minimum Gasteiger partial charge on any atom is -0.353 e. The standard InChI is InChI=1S/C24H34N4O2/c29-23-11-13-27(14-12-25-24(30)15-26-23)17-20-18-28(22-10-6-5-9-21(20)22)16-19-7-3-1-2-4-8-19/h5-6,9-10,18-19H,1-4,7-8,11-17H2,(H,25,30)(H,26,29). The van der Waals surface area contributed by atoms with Gasteiger partial charge in [-0.05, 0) is 30.4 Å². The monoisotopic (exact) mass is 410 g/mol. The number of benzene rings is 1. The first kappa shape index (κ1) is 20.9. The number of carbonyl (C=O) groups excluding carboxylic acids is 2. The lowest BCUT2D eigenvalue weighted by Crippen LogP contribution is -2.43. The Morgan fingerprint density at radius 1 is 0.933 bits per heavy atom. The number of hydrogen-bond acceptors (Lipinski definition) is 3. The molecule has 2 N–H and O–H groups in total. The Kier molecular flexibility index (Phi) is 7.05. The van der Waals surface area contributed by atoms with E-state index in [-0.39, 0.29) is 18.4 Å². The maximum Gasteiger partial charge on any atom is 0.239 e. The first-order valence-corrected chi connectivity index (χ1v) is 11.5. The van der Waals surface area contributed by atoms with Crippen molar-refractivity contribution >= 4 is 22.7 Å². The van der Waals surface area contributed by atoms with Crippen molar-refractivity contribution in [3.05, 3.63) is 36.0 Å². The second-order valence-corrected chi connectivity index (χ2v) is 8.83. The molecule has 0 atom stereocenters. The number of rotatable bonds is 4. The number of nitrogens with one attached hydrogen (secondary N) is 2. The Bertz CT molecular complexity index is 867. The van der Waals surface area contributed by atoms with Gasteiger partial charge in [0.2, 0.25) is 11.8 Å². The molecule has 2 heterocycles. The van der Waals surface area contributed by atoms with Gasteiger partial charge < -0.3 is 15.2 Å². The van der Waals surface area contributed by atoms with Crippen LogP contribution in [0.5, 0.6) is 0 Å². The van der Waals surface area contributed by atoms with Crippen molar-refractivity contribution < 1.29 is 9.59 Å². The number of carbonyl (C=O) groups is 2. The molecule has 2 amide bonds. The maximum atomic E-state index is 12.0. The van der Waals surface area contributed by atoms with E-state index in [0.29, 0.717) is 19.5 Å². The Labute approximate surface area is 179 Å². The first-order chi connectivity index (χ1) is 14.7. The zero-order valence-electron chi connectivity index (χ0n) is 17.9. The molecular weight excluding hydrogens is 376 g/mol. The lowest BCUT2D eigenvalue weighted by molar-refractivity contribution is -0.126. The van der Waals surface area contributed by atoms with E-state index in [4.69, 9.17) is 0 Å². The normalized spacial score (nSPS) is 20.5. The van der Waals surface area contributed by atoms with Crippen molar-refractivity contribution in [1.82, 2.24) is 20.1 Å². The zero-order chi connectivity index (χ0) is 20.8. The highest BCUT2D eigenvalue weighted by Crippen LogP contribution is 2.28. The summed E-state index contributed by atoms with van der Waals surface area (Å²) < 4.78 is 2.45. The number of fused-ring (bicyclic) bond motifs is 1. The molecule has 1 saturated carbocycles. The molecule has 2 aromatic rings. The van der Waals surface area contributed by atoms with Gasteiger partial charge in [0.25, 0.3) is 0 Å². The Hall–Kier alpha value is -2.34. The average Bonchev–Trinajstić information content (AvgIpc) is 2.91. The molecule has 1 saturated heterocycles. The molecule has 0 unspecified atom stereocenters. The van der Waals surface area contributed by atoms with Gasteiger partial charge in [-0.2, -0.15) is 0 Å². The summed E-state index contributed by atoms with van der Waals surface area (Å²) >= 11 is 0. The van der Waals surface area contributed by atoms with Crippen molar-refractivity contribution in [2.75, 3.05) is 26.2 Å². The van der Waals surface area contributed by atoms with Crippen LogP contribution in [0.25, 0.3) is 10.9 Å². The highest BCUT2D eigenvalue weighted by molar-refractivity contribution is 5.85. The number of amides is 2. The summed E-state index contributed by atoms with van der Waals surface area (Å²) in [6.07, 6.45) is 10.9. The van der Waals surface area contributed by atoms with Gasteiger partial charge in [-0.25, -0.2) is 0 Å². The smallest absolute Gasteiger partial charge is 0.239 e. The summed E-state index contributed by atoms with van der Waals surface area (Å²) in [5, 5.41) is 6.88. The molecular formula is C24H34N4O2. The summed E-state index contributed by atoms with van der Waals surface area (Å²) in [6.45, 7) is 4.02. The van der Waals surface area contributed by atoms with Crippen LogP contribution in [0.3, 0.4) is 0 Å². The van der Waals surface area contributed by atoms with Crippen LogP contribution in [-0.2, 0) is 22.7 Å². The largest absolute Gasteiger partial charge is 0.353 e. The third-order valence-electron chi connectivity index (χ3n) is 6.55. The minimum atomic E-state index is -0.120. The van der Waals surface area contributed by atoms with Crippen LogP contribution in [0.1, 0.15) is 50.5 Å². The Balaban J connectivity index is 1.51. The number of nitrogens with zero attached hydrogens (tertiary/aromatic N) is 2. The van der Waals surface area contributed by atoms with E-state index in [2.05, 4.69) is 50.6 Å². The molecule has 6 nitrogen and oxygen atoms in total. The summed E-state index contributed by atoms with van der Waals surface area (Å²) in [5.74, 6) is 0.585. The third-order valence-corrected chi connectivity index (χ3v) is 6.55. The predicted molar refractivity (Wildman–Crippen MR) is 119 cm³/mol. The molecule has 2 fully saturated rings. The van der Waals surface area contributed by atoms with Crippen molar-refractivity contribution in [3.63, 3.8) is 0 Å². The summed E-state index contributed by atoms with van der Waals surface area (Å²) in [5.41, 5.74) is 2.62. The second-order valence-electron chi connectivity index (χ2n) is 8.83. The predicted octanol–water partition coefficient (Wildman–Crippen LogP) is 3.05. The fourth-order valence-corrected chi connectivity index (χ4v) is 4.88. The van der Waals surface area contributed by atoms with E-state index in [1.165, 1.54) is 55.0 Å². The van der Waals surface area contributed by atoms with Crippen LogP contribution in [0.4, 0.5) is 0 Å². The Morgan fingerprint density at radius 3 is 2.57 bits per heavy atom. The van der Waals surface area contributed by atoms with Gasteiger partial charge in [0.05, 0.1) is 6.54 Å². The fraction of sp³-hybridized carbons (Fsp3) is 0.583. The fourth-order valence-electron chi connectivity index (χ4n) is 4.88. The molecule has 6 heteroatoms. The van der Waals surface area contributed by atoms with Gasteiger partial charge in [0, 0.05) is 56.2 Å². The molecule has 4 rings (SSSR count). The second kappa shape index (κ2) is 10.1. The summed E-state index contributed by atoms with van der Waals surface area (Å²) in [4.78, 5) is 26.0. The molecule has 0 radical (unpaired) electrons. The van der Waals surface area contributed by atoms with Gasteiger partial charge >= 0.3 is 0 Å². The molecule has 162 valence electrons. The molecule has 1 aromatic carbocycles. The highest BCUT2D eigenvalue weighted by Gasteiger charge is 2.18. The molecule has 0 bridgehead atoms. The van der Waals surface area contributed by atoms with Crippen LogP contribution in [-0.4, -0.2) is 47.5 Å². The van der Waals surface area contributed by atoms with Crippen LogP contribution in [0, 0.1) is 5.92 Å². The number of aromatic nitrogens is 1. The quantitative estimate of drug-likeness (QED) is 0.762. The molecule has 0 spiro atoms. The van der Waals surface area contributed by atoms with E-state index in [1.807, 2.05) is 0 Å². The van der Waals surface area contributed by atoms with Crippen LogP contribution < -0.4 is 10.6 Å². The lowest BCUT2D eigenvalue weighted by atomic mass is 10.0. The molecule has 1 aliphatic carbocycles. The molecule has 1 aromatic heterocycles. The summed E-state index contributed by atoms with van der Waals surface area (Å²) in [7, 11) is 0. The molecule has 2 aliphatic rings. The topological polar surface area (TPSA) is 66.4 Å². The third kappa shape index (κ3) is 5.42. The van der Waals surface area contributed by atoms with E-state index in [1.54, 1.807) is 0 Å². The van der Waals surface area contributed by atoms with Gasteiger partial charge in [0.1, 0.15) is 0 Å². The average molecular weight is 411 g/mol. The van der Waals surface area contributed by atoms with Crippen molar-refractivity contribution in [1.29, 1.82) is 0 Å². The van der Waals surface area contributed by atoms with Crippen molar-refractivity contribution in [2.24, 2.45) is 5.92 Å². The van der Waals surface area contributed by atoms with Crippen LogP contribution >= 0.6 is 0 Å². The maximum absolute atomic E-state index is 12.0. The highest BCUT2D eigenvalue weighted by atomic mass is 16.2. The minimum absolute atomic E-state index is 0.0622. The first-order valence-electron chi connectivity index (χ1n) is 11.5. The lowest BCUT2D eigenvalue weighted by Gasteiger charge is -2.23. The van der Waals surface area contributed by atoms with Crippen LogP contribution in [0.2, 0.25) is 0 Å². The van der Waals surface area contributed by atoms with E-state index in [9.17, 15) is 9.59 Å². The van der Waals surface area contributed by atoms with Crippen molar-refractivity contribution in [2.45, 2.75) is 58.0 Å². The number of hydrogen-bond donors (Lipinski definition) is 2. The van der Waals surface area contributed by atoms with Crippen molar-refractivity contribution in [3.8, 4) is 0 Å². The van der Waals surface area contributed by atoms with E-state index < -0.39 is 0 Å². The van der Waals surface area contributed by atoms with Gasteiger partial charge in [-0.15, -0.1) is 0 Å². The van der Waals surface area contributed by atoms with Crippen LogP contribution in [0.15, 0.2) is 30.5 Å². The van der Waals surface area contributed by atoms with Gasteiger partial charge in [-0.1, -0.05) is 43.9 Å². The van der Waals surface area contributed by atoms with Gasteiger partial charge in [-0.3, -0.25) is 14.5 Å². The number of para-hydroxylation sites is 1. The molecule has 1 aliphatic heterocycles. The van der Waals surface area contributed by atoms with Gasteiger partial charge in [0.15, 0.2) is 0 Å². The zero-order valence-corrected chi connectivity index (χ0v) is 17.9. The Morgan fingerprint density at radius 2 is 1.73 bits per heavy atom. The SMILES string of the molecule is O=C1CCN(Cc2cn(CC3CCCCCC3)c3ccccc23)CCNC(=O)CN1. The summed E-state index contributed by atoms with van der Waals surface area (Å²) in [6, 6.07) is 8.67.